The Balaban J connectivity index is 1.60. The van der Waals surface area contributed by atoms with Gasteiger partial charge in [0.05, 0.1) is 11.7 Å². The molecule has 0 saturated carbocycles. The molecule has 1 aliphatic heterocycles. The van der Waals surface area contributed by atoms with Gasteiger partial charge in [0.15, 0.2) is 4.34 Å². The Bertz CT molecular complexity index is 854. The maximum atomic E-state index is 12.4. The van der Waals surface area contributed by atoms with E-state index >= 15 is 0 Å². The van der Waals surface area contributed by atoms with Gasteiger partial charge in [-0.2, -0.15) is 0 Å². The van der Waals surface area contributed by atoms with Crippen LogP contribution >= 0.6 is 23.1 Å². The number of carbonyl (C=O) groups excluding carboxylic acids is 3. The molecule has 0 radical (unpaired) electrons. The fourth-order valence-electron chi connectivity index (χ4n) is 2.59. The normalized spacial score (nSPS) is 16.7. The minimum atomic E-state index is -0.450. The number of aryl methyl sites for hydroxylation is 1. The van der Waals surface area contributed by atoms with Crippen LogP contribution in [0.3, 0.4) is 0 Å². The molecule has 8 nitrogen and oxygen atoms in total. The van der Waals surface area contributed by atoms with Crippen molar-refractivity contribution in [3.63, 3.8) is 0 Å². The van der Waals surface area contributed by atoms with Crippen LogP contribution in [0.2, 0.25) is 0 Å². The number of benzene rings is 1. The van der Waals surface area contributed by atoms with Gasteiger partial charge < -0.3 is 16.0 Å². The van der Waals surface area contributed by atoms with Gasteiger partial charge in [0, 0.05) is 18.7 Å². The third-order valence-electron chi connectivity index (χ3n) is 3.78. The molecular weight excluding hydrogens is 374 g/mol. The largest absolute Gasteiger partial charge is 0.369 e. The van der Waals surface area contributed by atoms with E-state index in [-0.39, 0.29) is 24.0 Å². The highest BCUT2D eigenvalue weighted by atomic mass is 32.2. The first kappa shape index (κ1) is 18.3. The van der Waals surface area contributed by atoms with Crippen LogP contribution < -0.4 is 16.0 Å². The summed E-state index contributed by atoms with van der Waals surface area (Å²) in [6.07, 6.45) is 0.155. The number of nitrogens with two attached hydrogens (primary N) is 1. The van der Waals surface area contributed by atoms with E-state index in [1.807, 2.05) is 31.2 Å². The van der Waals surface area contributed by atoms with Gasteiger partial charge in [-0.05, 0) is 24.6 Å². The first-order chi connectivity index (χ1) is 12.4. The summed E-state index contributed by atoms with van der Waals surface area (Å²) in [6, 6.07) is 7.62. The molecule has 0 bridgehead atoms. The molecule has 0 aliphatic carbocycles. The van der Waals surface area contributed by atoms with Gasteiger partial charge in [-0.15, -0.1) is 10.2 Å². The van der Waals surface area contributed by atoms with Crippen LogP contribution in [-0.2, 0) is 14.4 Å². The lowest BCUT2D eigenvalue weighted by Gasteiger charge is -2.17. The zero-order valence-corrected chi connectivity index (χ0v) is 15.6. The number of aromatic nitrogens is 2. The van der Waals surface area contributed by atoms with Gasteiger partial charge >= 0.3 is 0 Å². The number of nitrogens with zero attached hydrogens (tertiary/aromatic N) is 3. The average Bonchev–Trinajstić information content (AvgIpc) is 3.19. The van der Waals surface area contributed by atoms with Crippen LogP contribution in [0.4, 0.5) is 10.8 Å². The number of amides is 3. The number of hydrogen-bond donors (Lipinski definition) is 2. The molecule has 1 fully saturated rings. The Morgan fingerprint density at radius 2 is 2.23 bits per heavy atom. The molecule has 3 N–H and O–H groups in total. The van der Waals surface area contributed by atoms with Crippen molar-refractivity contribution in [3.8, 4) is 0 Å². The zero-order valence-electron chi connectivity index (χ0n) is 14.0. The van der Waals surface area contributed by atoms with Crippen LogP contribution in [0.1, 0.15) is 12.0 Å². The molecule has 2 aromatic rings. The number of thioether (sulfide) groups is 1. The SMILES string of the molecule is Cc1cccc(N2C[C@H](C(=O)Nc3nnc(SCC(N)=O)s3)CC2=O)c1. The quantitative estimate of drug-likeness (QED) is 0.568. The number of rotatable bonds is 6. The first-order valence-electron chi connectivity index (χ1n) is 7.85. The van der Waals surface area contributed by atoms with Crippen LogP contribution in [0.25, 0.3) is 0 Å². The number of carbonyl (C=O) groups is 3. The maximum absolute atomic E-state index is 12.4. The molecule has 1 aliphatic rings. The summed E-state index contributed by atoms with van der Waals surface area (Å²) in [5, 5.41) is 10.8. The molecule has 0 spiro atoms. The third-order valence-corrected chi connectivity index (χ3v) is 5.78. The van der Waals surface area contributed by atoms with Crippen molar-refractivity contribution >= 4 is 51.6 Å². The van der Waals surface area contributed by atoms with Gasteiger partial charge in [0.25, 0.3) is 0 Å². The monoisotopic (exact) mass is 391 g/mol. The molecule has 1 atom stereocenters. The molecule has 136 valence electrons. The van der Waals surface area contributed by atoms with E-state index in [2.05, 4.69) is 15.5 Å². The first-order valence-corrected chi connectivity index (χ1v) is 9.65. The van der Waals surface area contributed by atoms with Crippen LogP contribution in [0.5, 0.6) is 0 Å². The van der Waals surface area contributed by atoms with E-state index < -0.39 is 11.8 Å². The van der Waals surface area contributed by atoms with Crippen LogP contribution in [-0.4, -0.2) is 40.2 Å². The predicted molar refractivity (Wildman–Crippen MR) is 100 cm³/mol. The topological polar surface area (TPSA) is 118 Å². The summed E-state index contributed by atoms with van der Waals surface area (Å²) in [5.74, 6) is -1.14. The van der Waals surface area contributed by atoms with E-state index in [0.717, 1.165) is 34.3 Å². The van der Waals surface area contributed by atoms with Crippen molar-refractivity contribution < 1.29 is 14.4 Å². The molecular formula is C16H17N5O3S2. The Hall–Kier alpha value is -2.46. The standard InChI is InChI=1S/C16H17N5O3S2/c1-9-3-2-4-11(5-9)21-7-10(6-13(21)23)14(24)18-15-19-20-16(26-15)25-8-12(17)22/h2-5,10H,6-8H2,1H3,(H2,17,22)(H,18,19,24)/t10-/m1/s1. The van der Waals surface area contributed by atoms with Crippen molar-refractivity contribution in [1.82, 2.24) is 10.2 Å². The summed E-state index contributed by atoms with van der Waals surface area (Å²) >= 11 is 2.33. The summed E-state index contributed by atoms with van der Waals surface area (Å²) < 4.78 is 0.544. The second-order valence-corrected chi connectivity index (χ2v) is 8.06. The number of primary amides is 1. The Labute approximate surface area is 158 Å². The lowest BCUT2D eigenvalue weighted by molar-refractivity contribution is -0.122. The van der Waals surface area contributed by atoms with E-state index in [4.69, 9.17) is 5.73 Å². The summed E-state index contributed by atoms with van der Waals surface area (Å²) in [4.78, 5) is 37.1. The molecule has 3 amide bonds. The molecule has 10 heteroatoms. The summed E-state index contributed by atoms with van der Waals surface area (Å²) in [5.41, 5.74) is 6.94. The Kier molecular flexibility index (Phi) is 5.52. The molecule has 0 unspecified atom stereocenters. The lowest BCUT2D eigenvalue weighted by Crippen LogP contribution is -2.28. The highest BCUT2D eigenvalue weighted by Gasteiger charge is 2.35. The minimum Gasteiger partial charge on any atom is -0.369 e. The second-order valence-electron chi connectivity index (χ2n) is 5.86. The van der Waals surface area contributed by atoms with Crippen molar-refractivity contribution in [2.75, 3.05) is 22.5 Å². The van der Waals surface area contributed by atoms with Crippen LogP contribution in [0, 0.1) is 12.8 Å². The third kappa shape index (κ3) is 4.38. The summed E-state index contributed by atoms with van der Waals surface area (Å²) in [6.45, 7) is 2.29. The lowest BCUT2D eigenvalue weighted by atomic mass is 10.1. The Morgan fingerprint density at radius 3 is 2.96 bits per heavy atom. The maximum Gasteiger partial charge on any atom is 0.231 e. The Morgan fingerprint density at radius 1 is 1.42 bits per heavy atom. The molecule has 1 saturated heterocycles. The fourth-order valence-corrected chi connectivity index (χ4v) is 4.08. The zero-order chi connectivity index (χ0) is 18.7. The molecule has 3 rings (SSSR count). The van der Waals surface area contributed by atoms with Gasteiger partial charge in [0.1, 0.15) is 0 Å². The predicted octanol–water partition coefficient (Wildman–Crippen LogP) is 1.42. The average molecular weight is 391 g/mol. The molecule has 2 heterocycles. The van der Waals surface area contributed by atoms with Crippen molar-refractivity contribution in [1.29, 1.82) is 0 Å². The van der Waals surface area contributed by atoms with Crippen molar-refractivity contribution in [2.45, 2.75) is 17.7 Å². The number of hydrogen-bond acceptors (Lipinski definition) is 7. The number of nitrogens with one attached hydrogen (secondary N) is 1. The second kappa shape index (κ2) is 7.83. The van der Waals surface area contributed by atoms with Gasteiger partial charge in [-0.25, -0.2) is 0 Å². The highest BCUT2D eigenvalue weighted by Crippen LogP contribution is 2.28. The minimum absolute atomic E-state index is 0.0780. The molecule has 1 aromatic carbocycles. The van der Waals surface area contributed by atoms with E-state index in [9.17, 15) is 14.4 Å². The molecule has 1 aromatic heterocycles. The fraction of sp³-hybridized carbons (Fsp3) is 0.312. The van der Waals surface area contributed by atoms with Crippen LogP contribution in [0.15, 0.2) is 28.6 Å². The van der Waals surface area contributed by atoms with Crippen molar-refractivity contribution in [3.05, 3.63) is 29.8 Å². The van der Waals surface area contributed by atoms with E-state index in [0.29, 0.717) is 16.0 Å². The highest BCUT2D eigenvalue weighted by molar-refractivity contribution is 8.01. The van der Waals surface area contributed by atoms with Crippen molar-refractivity contribution in [2.24, 2.45) is 11.7 Å². The van der Waals surface area contributed by atoms with Gasteiger partial charge in [-0.3, -0.25) is 14.4 Å². The van der Waals surface area contributed by atoms with E-state index in [1.54, 1.807) is 4.90 Å². The van der Waals surface area contributed by atoms with Gasteiger partial charge in [-0.1, -0.05) is 35.2 Å². The summed E-state index contributed by atoms with van der Waals surface area (Å²) in [7, 11) is 0. The molecule has 26 heavy (non-hydrogen) atoms. The van der Waals surface area contributed by atoms with Gasteiger partial charge in [0.2, 0.25) is 22.9 Å². The van der Waals surface area contributed by atoms with E-state index in [1.165, 1.54) is 0 Å². The smallest absolute Gasteiger partial charge is 0.231 e. The number of anilines is 2.